The minimum absolute atomic E-state index is 0.327. The molecule has 0 aliphatic carbocycles. The van der Waals surface area contributed by atoms with Crippen LogP contribution >= 0.6 is 11.3 Å². The third-order valence-corrected chi connectivity index (χ3v) is 4.75. The summed E-state index contributed by atoms with van der Waals surface area (Å²) in [6.45, 7) is 4.98. The fraction of sp³-hybridized carbons (Fsp3) is 0.467. The van der Waals surface area contributed by atoms with Crippen LogP contribution in [0.15, 0.2) is 29.9 Å². The van der Waals surface area contributed by atoms with E-state index in [1.807, 2.05) is 25.4 Å². The van der Waals surface area contributed by atoms with Crippen LogP contribution < -0.4 is 16.2 Å². The quantitative estimate of drug-likeness (QED) is 0.705. The maximum Gasteiger partial charge on any atom is 0.0940 e. The van der Waals surface area contributed by atoms with Crippen LogP contribution in [0.2, 0.25) is 0 Å². The molecule has 1 fully saturated rings. The summed E-state index contributed by atoms with van der Waals surface area (Å²) in [5, 5.41) is 6.88. The second kappa shape index (κ2) is 7.09. The molecule has 2 aromatic heterocycles. The summed E-state index contributed by atoms with van der Waals surface area (Å²) < 4.78 is 0. The Labute approximate surface area is 129 Å². The van der Waals surface area contributed by atoms with Crippen LogP contribution in [0.4, 0.5) is 0 Å². The van der Waals surface area contributed by atoms with Crippen molar-refractivity contribution >= 4 is 11.3 Å². The van der Waals surface area contributed by atoms with E-state index in [0.717, 1.165) is 31.7 Å². The Morgan fingerprint density at radius 3 is 3.19 bits per heavy atom. The highest BCUT2D eigenvalue weighted by Crippen LogP contribution is 2.23. The van der Waals surface area contributed by atoms with Gasteiger partial charge >= 0.3 is 0 Å². The standard InChI is InChI=1S/C15H21N5S/c1-11-10-21-14(19-11)4-6-17-8-13-9-18-20-15(13)12-3-2-5-16-7-12/h2-3,5,7,10,13,15,17-18,20H,4,6,8-9H2,1H3. The van der Waals surface area contributed by atoms with Crippen LogP contribution in [-0.4, -0.2) is 29.6 Å². The molecule has 1 saturated heterocycles. The summed E-state index contributed by atoms with van der Waals surface area (Å²) in [6, 6.07) is 4.45. The highest BCUT2D eigenvalue weighted by molar-refractivity contribution is 7.09. The Morgan fingerprint density at radius 1 is 1.48 bits per heavy atom. The number of thiazole rings is 1. The average Bonchev–Trinajstić information content (AvgIpc) is 3.13. The zero-order valence-corrected chi connectivity index (χ0v) is 13.0. The molecular weight excluding hydrogens is 282 g/mol. The lowest BCUT2D eigenvalue weighted by molar-refractivity contribution is 0.442. The van der Waals surface area contributed by atoms with Gasteiger partial charge in [-0.15, -0.1) is 11.3 Å². The first-order chi connectivity index (χ1) is 10.3. The zero-order chi connectivity index (χ0) is 14.5. The molecule has 0 amide bonds. The van der Waals surface area contributed by atoms with Gasteiger partial charge in [0, 0.05) is 55.4 Å². The second-order valence-corrected chi connectivity index (χ2v) is 6.33. The molecule has 3 rings (SSSR count). The van der Waals surface area contributed by atoms with Crippen molar-refractivity contribution in [2.45, 2.75) is 19.4 Å². The van der Waals surface area contributed by atoms with Crippen molar-refractivity contribution in [2.75, 3.05) is 19.6 Å². The van der Waals surface area contributed by atoms with Gasteiger partial charge in [-0.2, -0.15) is 0 Å². The topological polar surface area (TPSA) is 61.9 Å². The molecule has 2 unspecified atom stereocenters. The lowest BCUT2D eigenvalue weighted by Gasteiger charge is -2.18. The number of hydrogen-bond acceptors (Lipinski definition) is 6. The van der Waals surface area contributed by atoms with E-state index in [1.165, 1.54) is 10.6 Å². The fourth-order valence-corrected chi connectivity index (χ4v) is 3.42. The number of nitrogens with one attached hydrogen (secondary N) is 3. The molecular formula is C15H21N5S. The Bertz CT molecular complexity index is 556. The molecule has 5 nitrogen and oxygen atoms in total. The maximum absolute atomic E-state index is 4.49. The van der Waals surface area contributed by atoms with Crippen LogP contribution in [0.5, 0.6) is 0 Å². The number of pyridine rings is 1. The van der Waals surface area contributed by atoms with Gasteiger partial charge in [0.25, 0.3) is 0 Å². The molecule has 112 valence electrons. The minimum Gasteiger partial charge on any atom is -0.316 e. The SMILES string of the molecule is Cc1csc(CCNCC2CNNC2c2cccnc2)n1. The fourth-order valence-electron chi connectivity index (χ4n) is 2.64. The third-order valence-electron chi connectivity index (χ3n) is 3.73. The molecule has 2 atom stereocenters. The molecule has 0 radical (unpaired) electrons. The van der Waals surface area contributed by atoms with Crippen LogP contribution in [0.3, 0.4) is 0 Å². The van der Waals surface area contributed by atoms with Crippen molar-refractivity contribution in [3.05, 3.63) is 46.2 Å². The van der Waals surface area contributed by atoms with Crippen LogP contribution in [0.25, 0.3) is 0 Å². The van der Waals surface area contributed by atoms with Crippen molar-refractivity contribution < 1.29 is 0 Å². The van der Waals surface area contributed by atoms with Gasteiger partial charge in [0.15, 0.2) is 0 Å². The zero-order valence-electron chi connectivity index (χ0n) is 12.2. The van der Waals surface area contributed by atoms with E-state index >= 15 is 0 Å². The van der Waals surface area contributed by atoms with E-state index in [-0.39, 0.29) is 0 Å². The minimum atomic E-state index is 0.327. The molecule has 0 bridgehead atoms. The van der Waals surface area contributed by atoms with Gasteiger partial charge in [-0.3, -0.25) is 10.4 Å². The van der Waals surface area contributed by atoms with Gasteiger partial charge in [-0.05, 0) is 18.6 Å². The third kappa shape index (κ3) is 3.85. The van der Waals surface area contributed by atoms with Crippen molar-refractivity contribution in [2.24, 2.45) is 5.92 Å². The summed E-state index contributed by atoms with van der Waals surface area (Å²) in [5.41, 5.74) is 8.96. The predicted octanol–water partition coefficient (Wildman–Crippen LogP) is 1.44. The van der Waals surface area contributed by atoms with Gasteiger partial charge in [0.1, 0.15) is 0 Å². The van der Waals surface area contributed by atoms with Gasteiger partial charge < -0.3 is 5.32 Å². The van der Waals surface area contributed by atoms with Gasteiger partial charge in [0.05, 0.1) is 11.0 Å². The Morgan fingerprint density at radius 2 is 2.43 bits per heavy atom. The van der Waals surface area contributed by atoms with Gasteiger partial charge in [-0.1, -0.05) is 6.07 Å². The molecule has 0 aromatic carbocycles. The highest BCUT2D eigenvalue weighted by Gasteiger charge is 2.27. The highest BCUT2D eigenvalue weighted by atomic mass is 32.1. The van der Waals surface area contributed by atoms with Crippen LogP contribution in [0.1, 0.15) is 22.3 Å². The first-order valence-corrected chi connectivity index (χ1v) is 8.21. The lowest BCUT2D eigenvalue weighted by atomic mass is 9.96. The van der Waals surface area contributed by atoms with E-state index in [9.17, 15) is 0 Å². The maximum atomic E-state index is 4.49. The van der Waals surface area contributed by atoms with E-state index in [2.05, 4.69) is 37.6 Å². The molecule has 1 aliphatic heterocycles. The van der Waals surface area contributed by atoms with E-state index < -0.39 is 0 Å². The van der Waals surface area contributed by atoms with E-state index in [4.69, 9.17) is 0 Å². The summed E-state index contributed by atoms with van der Waals surface area (Å²) in [4.78, 5) is 8.70. The summed E-state index contributed by atoms with van der Waals surface area (Å²) in [6.07, 6.45) is 4.76. The number of nitrogens with zero attached hydrogens (tertiary/aromatic N) is 2. The number of aryl methyl sites for hydroxylation is 1. The van der Waals surface area contributed by atoms with Crippen molar-refractivity contribution in [3.8, 4) is 0 Å². The largest absolute Gasteiger partial charge is 0.316 e. The van der Waals surface area contributed by atoms with Crippen LogP contribution in [0, 0.1) is 12.8 Å². The number of hydrazine groups is 1. The lowest BCUT2D eigenvalue weighted by Crippen LogP contribution is -2.30. The predicted molar refractivity (Wildman–Crippen MR) is 85.0 cm³/mol. The molecule has 0 spiro atoms. The molecule has 3 heterocycles. The summed E-state index contributed by atoms with van der Waals surface area (Å²) in [5.74, 6) is 0.534. The van der Waals surface area contributed by atoms with Crippen molar-refractivity contribution in [3.63, 3.8) is 0 Å². The van der Waals surface area contributed by atoms with E-state index in [1.54, 1.807) is 11.3 Å². The first-order valence-electron chi connectivity index (χ1n) is 7.33. The summed E-state index contributed by atoms with van der Waals surface area (Å²) in [7, 11) is 0. The number of rotatable bonds is 6. The van der Waals surface area contributed by atoms with Crippen molar-refractivity contribution in [1.29, 1.82) is 0 Å². The number of hydrogen-bond donors (Lipinski definition) is 3. The second-order valence-electron chi connectivity index (χ2n) is 5.39. The van der Waals surface area contributed by atoms with E-state index in [0.29, 0.717) is 12.0 Å². The number of aromatic nitrogens is 2. The van der Waals surface area contributed by atoms with Crippen molar-refractivity contribution in [1.82, 2.24) is 26.1 Å². The molecule has 21 heavy (non-hydrogen) atoms. The molecule has 6 heteroatoms. The molecule has 0 saturated carbocycles. The smallest absolute Gasteiger partial charge is 0.0940 e. The van der Waals surface area contributed by atoms with Gasteiger partial charge in [0.2, 0.25) is 0 Å². The molecule has 2 aromatic rings. The first kappa shape index (κ1) is 14.6. The Balaban J connectivity index is 1.46. The monoisotopic (exact) mass is 303 g/mol. The Hall–Kier alpha value is -1.34. The summed E-state index contributed by atoms with van der Waals surface area (Å²) >= 11 is 1.75. The molecule has 1 aliphatic rings. The van der Waals surface area contributed by atoms with Crippen LogP contribution in [-0.2, 0) is 6.42 Å². The van der Waals surface area contributed by atoms with Gasteiger partial charge in [-0.25, -0.2) is 10.4 Å². The molecule has 3 N–H and O–H groups in total. The average molecular weight is 303 g/mol. The normalized spacial score (nSPS) is 21.8. The Kier molecular flexibility index (Phi) is 4.92.